The molecule has 23 heavy (non-hydrogen) atoms. The summed E-state index contributed by atoms with van der Waals surface area (Å²) in [6, 6.07) is 19.9. The first-order valence-electron chi connectivity index (χ1n) is 8.23. The summed E-state index contributed by atoms with van der Waals surface area (Å²) in [6.45, 7) is 4.06. The van der Waals surface area contributed by atoms with Crippen LogP contribution in [-0.2, 0) is 6.54 Å². The Labute approximate surface area is 137 Å². The number of fused-ring (bicyclic) bond motifs is 1. The van der Waals surface area contributed by atoms with Gasteiger partial charge in [-0.05, 0) is 28.0 Å². The SMILES string of the molecule is c1cncc(C2CNCCN2Cc2cccc3ccccc23)c1. The van der Waals surface area contributed by atoms with Gasteiger partial charge in [-0.3, -0.25) is 9.88 Å². The Balaban J connectivity index is 1.65. The van der Waals surface area contributed by atoms with Crippen LogP contribution in [0.25, 0.3) is 10.8 Å². The number of nitrogens with one attached hydrogen (secondary N) is 1. The smallest absolute Gasteiger partial charge is 0.0491 e. The van der Waals surface area contributed by atoms with Gasteiger partial charge >= 0.3 is 0 Å². The molecule has 3 heteroatoms. The van der Waals surface area contributed by atoms with Gasteiger partial charge in [-0.15, -0.1) is 0 Å². The van der Waals surface area contributed by atoms with Gasteiger partial charge in [-0.2, -0.15) is 0 Å². The number of hydrogen-bond donors (Lipinski definition) is 1. The molecule has 0 radical (unpaired) electrons. The molecule has 1 atom stereocenters. The van der Waals surface area contributed by atoms with Crippen molar-refractivity contribution < 1.29 is 0 Å². The van der Waals surface area contributed by atoms with E-state index in [1.807, 2.05) is 18.5 Å². The molecule has 1 fully saturated rings. The van der Waals surface area contributed by atoms with Crippen molar-refractivity contribution in [3.8, 4) is 0 Å². The van der Waals surface area contributed by atoms with Crippen LogP contribution in [0.1, 0.15) is 17.2 Å². The largest absolute Gasteiger partial charge is 0.314 e. The molecule has 2 heterocycles. The molecule has 0 aliphatic carbocycles. The molecule has 3 aromatic rings. The van der Waals surface area contributed by atoms with E-state index in [9.17, 15) is 0 Å². The van der Waals surface area contributed by atoms with Gasteiger partial charge in [0.2, 0.25) is 0 Å². The molecule has 2 aromatic carbocycles. The summed E-state index contributed by atoms with van der Waals surface area (Å²) >= 11 is 0. The van der Waals surface area contributed by atoms with E-state index in [1.165, 1.54) is 21.9 Å². The first kappa shape index (κ1) is 14.4. The zero-order valence-corrected chi connectivity index (χ0v) is 13.2. The zero-order valence-electron chi connectivity index (χ0n) is 13.2. The molecule has 1 N–H and O–H groups in total. The van der Waals surface area contributed by atoms with Crippen molar-refractivity contribution in [1.29, 1.82) is 0 Å². The van der Waals surface area contributed by atoms with Gasteiger partial charge in [0.1, 0.15) is 0 Å². The molecule has 0 bridgehead atoms. The molecule has 116 valence electrons. The van der Waals surface area contributed by atoms with Gasteiger partial charge in [0.15, 0.2) is 0 Å². The average Bonchev–Trinajstić information content (AvgIpc) is 2.63. The molecule has 1 saturated heterocycles. The van der Waals surface area contributed by atoms with Gasteiger partial charge in [-0.25, -0.2) is 0 Å². The van der Waals surface area contributed by atoms with Crippen LogP contribution in [-0.4, -0.2) is 29.5 Å². The maximum absolute atomic E-state index is 4.30. The van der Waals surface area contributed by atoms with E-state index in [-0.39, 0.29) is 0 Å². The second-order valence-electron chi connectivity index (χ2n) is 6.12. The second kappa shape index (κ2) is 6.49. The van der Waals surface area contributed by atoms with Crippen LogP contribution < -0.4 is 5.32 Å². The Hall–Kier alpha value is -2.23. The highest BCUT2D eigenvalue weighted by atomic mass is 15.2. The minimum absolute atomic E-state index is 0.386. The lowest BCUT2D eigenvalue weighted by Gasteiger charge is -2.36. The Morgan fingerprint density at radius 3 is 2.87 bits per heavy atom. The van der Waals surface area contributed by atoms with E-state index in [0.717, 1.165) is 26.2 Å². The van der Waals surface area contributed by atoms with Crippen molar-refractivity contribution in [3.63, 3.8) is 0 Å². The molecule has 1 aliphatic heterocycles. The fourth-order valence-corrected chi connectivity index (χ4v) is 3.49. The summed E-state index contributed by atoms with van der Waals surface area (Å²) in [5, 5.41) is 6.19. The van der Waals surface area contributed by atoms with E-state index in [4.69, 9.17) is 0 Å². The number of hydrogen-bond acceptors (Lipinski definition) is 3. The highest BCUT2D eigenvalue weighted by Gasteiger charge is 2.24. The van der Waals surface area contributed by atoms with Crippen LogP contribution in [0.5, 0.6) is 0 Å². The maximum Gasteiger partial charge on any atom is 0.0491 e. The molecular weight excluding hydrogens is 282 g/mol. The highest BCUT2D eigenvalue weighted by molar-refractivity contribution is 5.85. The number of aromatic nitrogens is 1. The molecule has 0 amide bonds. The van der Waals surface area contributed by atoms with Crippen LogP contribution in [0.15, 0.2) is 67.0 Å². The highest BCUT2D eigenvalue weighted by Crippen LogP contribution is 2.26. The minimum atomic E-state index is 0.386. The average molecular weight is 303 g/mol. The monoisotopic (exact) mass is 303 g/mol. The molecule has 0 spiro atoms. The van der Waals surface area contributed by atoms with Crippen molar-refractivity contribution in [3.05, 3.63) is 78.1 Å². The predicted molar refractivity (Wildman–Crippen MR) is 94.2 cm³/mol. The second-order valence-corrected chi connectivity index (χ2v) is 6.12. The van der Waals surface area contributed by atoms with Gasteiger partial charge < -0.3 is 5.32 Å². The van der Waals surface area contributed by atoms with Crippen molar-refractivity contribution in [2.45, 2.75) is 12.6 Å². The Kier molecular flexibility index (Phi) is 4.05. The molecule has 0 saturated carbocycles. The van der Waals surface area contributed by atoms with Crippen LogP contribution in [0, 0.1) is 0 Å². The summed E-state index contributed by atoms with van der Waals surface area (Å²) in [5.74, 6) is 0. The molecule has 4 rings (SSSR count). The molecule has 1 aliphatic rings. The van der Waals surface area contributed by atoms with E-state index in [2.05, 4.69) is 63.7 Å². The first-order chi connectivity index (χ1) is 11.4. The van der Waals surface area contributed by atoms with Crippen LogP contribution >= 0.6 is 0 Å². The first-order valence-corrected chi connectivity index (χ1v) is 8.23. The minimum Gasteiger partial charge on any atom is -0.314 e. The van der Waals surface area contributed by atoms with Gasteiger partial charge in [0.25, 0.3) is 0 Å². The standard InChI is InChI=1S/C20H21N3/c1-2-9-19-16(5-1)6-3-7-18(19)15-23-12-11-22-14-20(23)17-8-4-10-21-13-17/h1-10,13,20,22H,11-12,14-15H2. The Bertz CT molecular complexity index is 780. The van der Waals surface area contributed by atoms with Gasteiger partial charge in [0.05, 0.1) is 0 Å². The van der Waals surface area contributed by atoms with E-state index in [1.54, 1.807) is 0 Å². The fraction of sp³-hybridized carbons (Fsp3) is 0.250. The topological polar surface area (TPSA) is 28.2 Å². The summed E-state index contributed by atoms with van der Waals surface area (Å²) in [4.78, 5) is 6.86. The Morgan fingerprint density at radius 2 is 1.96 bits per heavy atom. The molecular formula is C20H21N3. The van der Waals surface area contributed by atoms with Gasteiger partial charge in [-0.1, -0.05) is 48.5 Å². The van der Waals surface area contributed by atoms with Gasteiger partial charge in [0, 0.05) is 44.6 Å². The van der Waals surface area contributed by atoms with Crippen molar-refractivity contribution >= 4 is 10.8 Å². The Morgan fingerprint density at radius 1 is 1.04 bits per heavy atom. The third-order valence-electron chi connectivity index (χ3n) is 4.68. The van der Waals surface area contributed by atoms with Crippen LogP contribution in [0.3, 0.4) is 0 Å². The summed E-state index contributed by atoms with van der Waals surface area (Å²) in [6.07, 6.45) is 3.84. The normalized spacial score (nSPS) is 19.0. The number of benzene rings is 2. The number of nitrogens with zero attached hydrogens (tertiary/aromatic N) is 2. The zero-order chi connectivity index (χ0) is 15.5. The lowest BCUT2D eigenvalue weighted by atomic mass is 10.0. The summed E-state index contributed by atoms with van der Waals surface area (Å²) in [7, 11) is 0. The van der Waals surface area contributed by atoms with Crippen molar-refractivity contribution in [2.75, 3.05) is 19.6 Å². The van der Waals surface area contributed by atoms with Crippen LogP contribution in [0.2, 0.25) is 0 Å². The molecule has 1 unspecified atom stereocenters. The van der Waals surface area contributed by atoms with Crippen molar-refractivity contribution in [2.24, 2.45) is 0 Å². The number of pyridine rings is 1. The maximum atomic E-state index is 4.30. The number of piperazine rings is 1. The third-order valence-corrected chi connectivity index (χ3v) is 4.68. The van der Waals surface area contributed by atoms with Crippen LogP contribution in [0.4, 0.5) is 0 Å². The summed E-state index contributed by atoms with van der Waals surface area (Å²) in [5.41, 5.74) is 2.69. The molecule has 3 nitrogen and oxygen atoms in total. The molecule has 1 aromatic heterocycles. The third kappa shape index (κ3) is 2.98. The van der Waals surface area contributed by atoms with E-state index in [0.29, 0.717) is 6.04 Å². The number of rotatable bonds is 3. The fourth-order valence-electron chi connectivity index (χ4n) is 3.49. The quantitative estimate of drug-likeness (QED) is 0.804. The van der Waals surface area contributed by atoms with E-state index < -0.39 is 0 Å². The van der Waals surface area contributed by atoms with Crippen molar-refractivity contribution in [1.82, 2.24) is 15.2 Å². The van der Waals surface area contributed by atoms with E-state index >= 15 is 0 Å². The predicted octanol–water partition coefficient (Wildman–Crippen LogP) is 3.38. The lowest BCUT2D eigenvalue weighted by molar-refractivity contribution is 0.154. The summed E-state index contributed by atoms with van der Waals surface area (Å²) < 4.78 is 0. The lowest BCUT2D eigenvalue weighted by Crippen LogP contribution is -2.45.